The summed E-state index contributed by atoms with van der Waals surface area (Å²) in [5.41, 5.74) is 5.95. The van der Waals surface area contributed by atoms with Gasteiger partial charge in [-0.15, -0.1) is 0 Å². The molecule has 1 aromatic carbocycles. The van der Waals surface area contributed by atoms with Crippen LogP contribution in [0.4, 0.5) is 0 Å². The molecule has 0 fully saturated rings. The highest BCUT2D eigenvalue weighted by molar-refractivity contribution is 5.94. The average Bonchev–Trinajstić information content (AvgIpc) is 2.60. The molecule has 154 valence electrons. The van der Waals surface area contributed by atoms with Crippen LogP contribution < -0.4 is 16.4 Å². The minimum atomic E-state index is -1.59. The van der Waals surface area contributed by atoms with Crippen LogP contribution in [0.15, 0.2) is 24.3 Å². The number of carbonyl (C=O) groups excluding carboxylic acids is 2. The molecule has 1 aromatic rings. The monoisotopic (exact) mass is 397 g/mol. The highest BCUT2D eigenvalue weighted by atomic mass is 16.4. The number of hydrogen-bond donors (Lipinski definition) is 7. The molecule has 0 aromatic heterocycles. The van der Waals surface area contributed by atoms with E-state index in [1.54, 1.807) is 0 Å². The molecular weight excluding hydrogens is 374 g/mol. The quantitative estimate of drug-likeness (QED) is 0.237. The molecule has 0 bridgehead atoms. The van der Waals surface area contributed by atoms with Gasteiger partial charge in [0.15, 0.2) is 0 Å². The molecule has 0 saturated heterocycles. The number of benzene rings is 1. The van der Waals surface area contributed by atoms with Crippen molar-refractivity contribution in [3.05, 3.63) is 29.8 Å². The molecule has 0 unspecified atom stereocenters. The fourth-order valence-electron chi connectivity index (χ4n) is 2.21. The van der Waals surface area contributed by atoms with Crippen LogP contribution in [0.2, 0.25) is 0 Å². The normalized spacial score (nSPS) is 15.0. The van der Waals surface area contributed by atoms with Crippen molar-refractivity contribution in [3.63, 3.8) is 0 Å². The van der Waals surface area contributed by atoms with E-state index in [-0.39, 0.29) is 12.2 Å². The topological polar surface area (TPSA) is 199 Å². The molecular formula is C17H23N3O8. The summed E-state index contributed by atoms with van der Waals surface area (Å²) in [6.45, 7) is 1.24. The summed E-state index contributed by atoms with van der Waals surface area (Å²) in [6.07, 6.45) is -2.19. The third kappa shape index (κ3) is 7.21. The van der Waals surface area contributed by atoms with E-state index in [4.69, 9.17) is 10.8 Å². The van der Waals surface area contributed by atoms with Gasteiger partial charge >= 0.3 is 11.9 Å². The van der Waals surface area contributed by atoms with Crippen molar-refractivity contribution in [3.8, 4) is 5.75 Å². The molecule has 0 aliphatic heterocycles. The number of nitrogens with one attached hydrogen (secondary N) is 2. The summed E-state index contributed by atoms with van der Waals surface area (Å²) in [5.74, 6) is -4.78. The minimum Gasteiger partial charge on any atom is -0.508 e. The minimum absolute atomic E-state index is 0.0154. The van der Waals surface area contributed by atoms with E-state index in [0.717, 1.165) is 0 Å². The second-order valence-electron chi connectivity index (χ2n) is 6.20. The fraction of sp³-hybridized carbons (Fsp3) is 0.412. The van der Waals surface area contributed by atoms with Crippen LogP contribution in [0.5, 0.6) is 5.75 Å². The second-order valence-corrected chi connectivity index (χ2v) is 6.20. The van der Waals surface area contributed by atoms with E-state index >= 15 is 0 Å². The molecule has 0 radical (unpaired) electrons. The molecule has 1 rings (SSSR count). The Labute approximate surface area is 160 Å². The number of carboxylic acid groups (broad SMARTS) is 2. The van der Waals surface area contributed by atoms with Gasteiger partial charge in [-0.2, -0.15) is 0 Å². The highest BCUT2D eigenvalue weighted by Crippen LogP contribution is 2.11. The maximum Gasteiger partial charge on any atom is 0.326 e. The Morgan fingerprint density at radius 2 is 1.54 bits per heavy atom. The van der Waals surface area contributed by atoms with Crippen molar-refractivity contribution in [1.82, 2.24) is 10.6 Å². The van der Waals surface area contributed by atoms with Gasteiger partial charge in [-0.25, -0.2) is 4.79 Å². The maximum atomic E-state index is 12.4. The van der Waals surface area contributed by atoms with Crippen LogP contribution in [0.1, 0.15) is 18.9 Å². The zero-order chi connectivity index (χ0) is 21.4. The lowest BCUT2D eigenvalue weighted by Crippen LogP contribution is -2.57. The number of carboxylic acids is 2. The lowest BCUT2D eigenvalue weighted by Gasteiger charge is -2.22. The van der Waals surface area contributed by atoms with Gasteiger partial charge in [0.1, 0.15) is 23.9 Å². The van der Waals surface area contributed by atoms with Gasteiger partial charge in [0, 0.05) is 6.42 Å². The van der Waals surface area contributed by atoms with Crippen LogP contribution in [-0.2, 0) is 25.6 Å². The number of carbonyl (C=O) groups is 4. The van der Waals surface area contributed by atoms with Crippen molar-refractivity contribution in [2.45, 2.75) is 44.0 Å². The van der Waals surface area contributed by atoms with E-state index in [2.05, 4.69) is 10.6 Å². The van der Waals surface area contributed by atoms with Gasteiger partial charge in [-0.3, -0.25) is 14.4 Å². The van der Waals surface area contributed by atoms with E-state index in [0.29, 0.717) is 5.56 Å². The standard InChI is InChI=1S/C17H23N3O8/c1-8(21)14(18)16(26)19-11(7-13(23)24)15(25)20-12(17(27)28)6-9-2-4-10(22)5-3-9/h2-5,8,11-12,14,21-22H,6-7,18H2,1H3,(H,19,26)(H,20,25)(H,23,24)(H,27,28)/t8-,11-,12-,14-/m1/s1. The summed E-state index contributed by atoms with van der Waals surface area (Å²) in [5, 5.41) is 41.1. The third-order valence-electron chi connectivity index (χ3n) is 3.82. The van der Waals surface area contributed by atoms with Crippen molar-refractivity contribution >= 4 is 23.8 Å². The van der Waals surface area contributed by atoms with Crippen molar-refractivity contribution < 1.29 is 39.6 Å². The predicted molar refractivity (Wildman–Crippen MR) is 95.2 cm³/mol. The molecule has 0 saturated carbocycles. The second kappa shape index (κ2) is 10.2. The number of aliphatic hydroxyl groups is 1. The van der Waals surface area contributed by atoms with E-state index in [1.807, 2.05) is 0 Å². The van der Waals surface area contributed by atoms with Crippen LogP contribution >= 0.6 is 0 Å². The number of aliphatic carboxylic acids is 2. The van der Waals surface area contributed by atoms with Crippen molar-refractivity contribution in [1.29, 1.82) is 0 Å². The Hall–Kier alpha value is -3.18. The highest BCUT2D eigenvalue weighted by Gasteiger charge is 2.30. The summed E-state index contributed by atoms with van der Waals surface area (Å²) in [6, 6.07) is 1.25. The van der Waals surface area contributed by atoms with Gasteiger partial charge < -0.3 is 36.8 Å². The Morgan fingerprint density at radius 3 is 2.00 bits per heavy atom. The van der Waals surface area contributed by atoms with Crippen LogP contribution in [0.25, 0.3) is 0 Å². The molecule has 0 aliphatic carbocycles. The van der Waals surface area contributed by atoms with Crippen LogP contribution in [-0.4, -0.2) is 68.4 Å². The van der Waals surface area contributed by atoms with Crippen LogP contribution in [0.3, 0.4) is 0 Å². The molecule has 0 spiro atoms. The molecule has 11 nitrogen and oxygen atoms in total. The summed E-state index contributed by atoms with van der Waals surface area (Å²) in [4.78, 5) is 46.7. The first kappa shape index (κ1) is 22.9. The predicted octanol–water partition coefficient (Wildman–Crippen LogP) is -1.83. The van der Waals surface area contributed by atoms with Gasteiger partial charge in [0.05, 0.1) is 12.5 Å². The Kier molecular flexibility index (Phi) is 8.35. The van der Waals surface area contributed by atoms with Crippen LogP contribution in [0, 0.1) is 0 Å². The summed E-state index contributed by atoms with van der Waals surface area (Å²) >= 11 is 0. The molecule has 8 N–H and O–H groups in total. The first-order chi connectivity index (χ1) is 13.0. The van der Waals surface area contributed by atoms with Gasteiger partial charge in [0.25, 0.3) is 0 Å². The molecule has 28 heavy (non-hydrogen) atoms. The number of rotatable bonds is 10. The lowest BCUT2D eigenvalue weighted by molar-refractivity contribution is -0.143. The smallest absolute Gasteiger partial charge is 0.326 e. The fourth-order valence-corrected chi connectivity index (χ4v) is 2.21. The van der Waals surface area contributed by atoms with E-state index in [9.17, 15) is 34.5 Å². The first-order valence-corrected chi connectivity index (χ1v) is 8.28. The zero-order valence-electron chi connectivity index (χ0n) is 15.0. The number of phenolic OH excluding ortho intramolecular Hbond substituents is 1. The molecule has 0 heterocycles. The number of aliphatic hydroxyl groups excluding tert-OH is 1. The maximum absolute atomic E-state index is 12.4. The number of amides is 2. The Morgan fingerprint density at radius 1 is 1.00 bits per heavy atom. The van der Waals surface area contributed by atoms with Gasteiger partial charge in [0.2, 0.25) is 11.8 Å². The van der Waals surface area contributed by atoms with E-state index < -0.39 is 54.4 Å². The number of hydrogen-bond acceptors (Lipinski definition) is 7. The molecule has 2 amide bonds. The van der Waals surface area contributed by atoms with Gasteiger partial charge in [-0.1, -0.05) is 12.1 Å². The largest absolute Gasteiger partial charge is 0.508 e. The van der Waals surface area contributed by atoms with E-state index in [1.165, 1.54) is 31.2 Å². The third-order valence-corrected chi connectivity index (χ3v) is 3.82. The number of phenols is 1. The SMILES string of the molecule is C[C@@H](O)[C@@H](N)C(=O)N[C@H](CC(=O)O)C(=O)N[C@H](Cc1ccc(O)cc1)C(=O)O. The Bertz CT molecular complexity index is 720. The van der Waals surface area contributed by atoms with Gasteiger partial charge in [-0.05, 0) is 24.6 Å². The molecule has 11 heteroatoms. The van der Waals surface area contributed by atoms with Crippen molar-refractivity contribution in [2.75, 3.05) is 0 Å². The zero-order valence-corrected chi connectivity index (χ0v) is 15.0. The Balaban J connectivity index is 2.89. The summed E-state index contributed by atoms with van der Waals surface area (Å²) in [7, 11) is 0. The number of aromatic hydroxyl groups is 1. The average molecular weight is 397 g/mol. The molecule has 0 aliphatic rings. The lowest BCUT2D eigenvalue weighted by atomic mass is 10.0. The van der Waals surface area contributed by atoms with Crippen molar-refractivity contribution in [2.24, 2.45) is 5.73 Å². The first-order valence-electron chi connectivity index (χ1n) is 8.28. The molecule has 4 atom stereocenters. The summed E-state index contributed by atoms with van der Waals surface area (Å²) < 4.78 is 0. The number of nitrogens with two attached hydrogens (primary N) is 1.